The Labute approximate surface area is 252 Å². The lowest BCUT2D eigenvalue weighted by Gasteiger charge is -2.42. The number of piperazine rings is 1. The van der Waals surface area contributed by atoms with E-state index < -0.39 is 0 Å². The van der Waals surface area contributed by atoms with Gasteiger partial charge in [0.15, 0.2) is 5.82 Å². The number of pyridine rings is 1. The first kappa shape index (κ1) is 27.7. The molecule has 220 valence electrons. The molecule has 3 heterocycles. The lowest BCUT2D eigenvalue weighted by molar-refractivity contribution is 0.0850. The summed E-state index contributed by atoms with van der Waals surface area (Å²) in [4.78, 5) is 21.9. The molecule has 1 saturated heterocycles. The zero-order valence-corrected chi connectivity index (χ0v) is 24.8. The predicted molar refractivity (Wildman–Crippen MR) is 169 cm³/mol. The summed E-state index contributed by atoms with van der Waals surface area (Å²) in [6.45, 7) is 5.47. The molecule has 1 saturated carbocycles. The number of aromatic amines is 1. The molecule has 8 heteroatoms. The van der Waals surface area contributed by atoms with Gasteiger partial charge in [-0.1, -0.05) is 86.5 Å². The molecule has 5 aromatic rings. The predicted octanol–water partition coefficient (Wildman–Crippen LogP) is 5.69. The SMILES string of the molecule is CCc1ccc2[nH]c(=O)c([C@@H](c3nnnn3C3CCCC3)N3CCN(C(c4ccccc4)c4ccccc4)CC3)cc2c1. The molecule has 2 fully saturated rings. The average molecular weight is 574 g/mol. The van der Waals surface area contributed by atoms with Crippen LogP contribution in [0.5, 0.6) is 0 Å². The number of hydrogen-bond acceptors (Lipinski definition) is 6. The molecule has 0 bridgehead atoms. The highest BCUT2D eigenvalue weighted by Gasteiger charge is 2.36. The number of H-pyrrole nitrogens is 1. The molecular weight excluding hydrogens is 534 g/mol. The molecule has 1 aliphatic carbocycles. The Bertz CT molecular complexity index is 1680. The van der Waals surface area contributed by atoms with Crippen molar-refractivity contribution in [3.05, 3.63) is 123 Å². The maximum Gasteiger partial charge on any atom is 0.253 e. The van der Waals surface area contributed by atoms with Crippen molar-refractivity contribution < 1.29 is 0 Å². The number of benzene rings is 3. The fourth-order valence-corrected chi connectivity index (χ4v) is 7.12. The number of fused-ring (bicyclic) bond motifs is 1. The van der Waals surface area contributed by atoms with Gasteiger partial charge in [0, 0.05) is 37.3 Å². The van der Waals surface area contributed by atoms with Crippen LogP contribution in [-0.4, -0.2) is 61.2 Å². The van der Waals surface area contributed by atoms with E-state index in [0.29, 0.717) is 5.56 Å². The van der Waals surface area contributed by atoms with Gasteiger partial charge in [-0.05, 0) is 70.0 Å². The Morgan fingerprint density at radius 2 is 1.44 bits per heavy atom. The van der Waals surface area contributed by atoms with Gasteiger partial charge in [-0.3, -0.25) is 14.6 Å². The van der Waals surface area contributed by atoms with Crippen LogP contribution in [0.1, 0.15) is 78.8 Å². The van der Waals surface area contributed by atoms with Crippen LogP contribution in [0.25, 0.3) is 10.9 Å². The Kier molecular flexibility index (Phi) is 7.87. The number of aryl methyl sites for hydroxylation is 1. The minimum absolute atomic E-state index is 0.0726. The lowest BCUT2D eigenvalue weighted by Crippen LogP contribution is -2.50. The van der Waals surface area contributed by atoms with Crippen molar-refractivity contribution in [2.45, 2.75) is 57.2 Å². The molecule has 1 atom stereocenters. The van der Waals surface area contributed by atoms with Gasteiger partial charge >= 0.3 is 0 Å². The maximum atomic E-state index is 13.8. The second kappa shape index (κ2) is 12.2. The van der Waals surface area contributed by atoms with Crippen LogP contribution in [0.2, 0.25) is 0 Å². The molecule has 7 rings (SSSR count). The molecule has 2 aliphatic rings. The van der Waals surface area contributed by atoms with E-state index in [0.717, 1.165) is 62.2 Å². The van der Waals surface area contributed by atoms with Gasteiger partial charge in [0.2, 0.25) is 0 Å². The van der Waals surface area contributed by atoms with Gasteiger partial charge in [0.1, 0.15) is 6.04 Å². The van der Waals surface area contributed by atoms with E-state index in [4.69, 9.17) is 0 Å². The van der Waals surface area contributed by atoms with E-state index in [2.05, 4.69) is 116 Å². The highest BCUT2D eigenvalue weighted by Crippen LogP contribution is 2.36. The Morgan fingerprint density at radius 3 is 2.07 bits per heavy atom. The van der Waals surface area contributed by atoms with Gasteiger partial charge in [-0.2, -0.15) is 0 Å². The van der Waals surface area contributed by atoms with Crippen molar-refractivity contribution in [1.82, 2.24) is 35.0 Å². The van der Waals surface area contributed by atoms with E-state index >= 15 is 0 Å². The molecule has 43 heavy (non-hydrogen) atoms. The van der Waals surface area contributed by atoms with Gasteiger partial charge in [-0.25, -0.2) is 4.68 Å². The number of nitrogens with zero attached hydrogens (tertiary/aromatic N) is 6. The number of aromatic nitrogens is 5. The summed E-state index contributed by atoms with van der Waals surface area (Å²) >= 11 is 0. The van der Waals surface area contributed by atoms with Crippen LogP contribution in [0.3, 0.4) is 0 Å². The van der Waals surface area contributed by atoms with E-state index in [9.17, 15) is 4.79 Å². The highest BCUT2D eigenvalue weighted by atomic mass is 16.1. The van der Waals surface area contributed by atoms with Gasteiger partial charge < -0.3 is 4.98 Å². The van der Waals surface area contributed by atoms with E-state index in [1.165, 1.54) is 29.5 Å². The quantitative estimate of drug-likeness (QED) is 0.257. The Morgan fingerprint density at radius 1 is 0.814 bits per heavy atom. The molecule has 8 nitrogen and oxygen atoms in total. The number of tetrazole rings is 1. The van der Waals surface area contributed by atoms with Crippen molar-refractivity contribution in [1.29, 1.82) is 0 Å². The summed E-state index contributed by atoms with van der Waals surface area (Å²) < 4.78 is 2.02. The van der Waals surface area contributed by atoms with E-state index in [1.54, 1.807) is 0 Å². The summed E-state index contributed by atoms with van der Waals surface area (Å²) in [7, 11) is 0. The third kappa shape index (κ3) is 5.53. The van der Waals surface area contributed by atoms with Crippen molar-refractivity contribution in [2.24, 2.45) is 0 Å². The molecular formula is C35H39N7O. The molecule has 0 unspecified atom stereocenters. The summed E-state index contributed by atoms with van der Waals surface area (Å²) in [5, 5.41) is 14.3. The fourth-order valence-electron chi connectivity index (χ4n) is 7.12. The molecule has 1 N–H and O–H groups in total. The van der Waals surface area contributed by atoms with Gasteiger partial charge in [0.25, 0.3) is 5.56 Å². The molecule has 0 spiro atoms. The average Bonchev–Trinajstić information content (AvgIpc) is 3.76. The normalized spacial score (nSPS) is 17.6. The topological polar surface area (TPSA) is 82.9 Å². The van der Waals surface area contributed by atoms with Crippen LogP contribution in [0, 0.1) is 0 Å². The molecule has 0 amide bonds. The van der Waals surface area contributed by atoms with Crippen LogP contribution < -0.4 is 5.56 Å². The third-order valence-corrected chi connectivity index (χ3v) is 9.38. The molecule has 1 aliphatic heterocycles. The zero-order valence-electron chi connectivity index (χ0n) is 24.8. The zero-order chi connectivity index (χ0) is 29.2. The lowest BCUT2D eigenvalue weighted by atomic mass is 9.96. The first-order valence-corrected chi connectivity index (χ1v) is 15.7. The van der Waals surface area contributed by atoms with Crippen LogP contribution >= 0.6 is 0 Å². The van der Waals surface area contributed by atoms with Crippen molar-refractivity contribution >= 4 is 10.9 Å². The van der Waals surface area contributed by atoms with Crippen molar-refractivity contribution in [3.63, 3.8) is 0 Å². The second-order valence-corrected chi connectivity index (χ2v) is 11.9. The maximum absolute atomic E-state index is 13.8. The van der Waals surface area contributed by atoms with Gasteiger partial charge in [-0.15, -0.1) is 5.10 Å². The monoisotopic (exact) mass is 573 g/mol. The van der Waals surface area contributed by atoms with Crippen LogP contribution in [-0.2, 0) is 6.42 Å². The first-order chi connectivity index (χ1) is 21.2. The summed E-state index contributed by atoms with van der Waals surface area (Å²) in [6, 6.07) is 30.0. The highest BCUT2D eigenvalue weighted by molar-refractivity contribution is 5.80. The van der Waals surface area contributed by atoms with E-state index in [1.807, 2.05) is 10.7 Å². The van der Waals surface area contributed by atoms with Gasteiger partial charge in [0.05, 0.1) is 12.1 Å². The third-order valence-electron chi connectivity index (χ3n) is 9.38. The fraction of sp³-hybridized carbons (Fsp3) is 0.371. The smallest absolute Gasteiger partial charge is 0.253 e. The minimum atomic E-state index is -0.330. The molecule has 2 aromatic heterocycles. The van der Waals surface area contributed by atoms with Crippen molar-refractivity contribution in [2.75, 3.05) is 26.2 Å². The van der Waals surface area contributed by atoms with Crippen molar-refractivity contribution in [3.8, 4) is 0 Å². The minimum Gasteiger partial charge on any atom is -0.322 e. The standard InChI is InChI=1S/C35H39N7O/c1-2-25-17-18-31-28(23-25)24-30(35(43)36-31)33(34-37-38-39-42(34)29-15-9-10-16-29)41-21-19-40(20-22-41)32(26-11-5-3-6-12-26)27-13-7-4-8-14-27/h3-8,11-14,17-18,23-24,29,32-33H,2,9-10,15-16,19-22H2,1H3,(H,36,43)/t33-/m0/s1. The Hall–Kier alpha value is -4.14. The number of rotatable bonds is 8. The summed E-state index contributed by atoms with van der Waals surface area (Å²) in [6.07, 6.45) is 5.46. The van der Waals surface area contributed by atoms with Crippen LogP contribution in [0.15, 0.2) is 89.7 Å². The molecule has 0 radical (unpaired) electrons. The van der Waals surface area contributed by atoms with Crippen LogP contribution in [0.4, 0.5) is 0 Å². The molecule has 3 aromatic carbocycles. The summed E-state index contributed by atoms with van der Waals surface area (Å²) in [5.74, 6) is 0.777. The van der Waals surface area contributed by atoms with E-state index in [-0.39, 0.29) is 23.7 Å². The second-order valence-electron chi connectivity index (χ2n) is 11.9. The Balaban J connectivity index is 1.25. The number of nitrogens with one attached hydrogen (secondary N) is 1. The first-order valence-electron chi connectivity index (χ1n) is 15.7. The number of hydrogen-bond donors (Lipinski definition) is 1. The largest absolute Gasteiger partial charge is 0.322 e. The summed E-state index contributed by atoms with van der Waals surface area (Å²) in [5.41, 5.74) is 5.34.